The van der Waals surface area contributed by atoms with Crippen LogP contribution in [-0.4, -0.2) is 37.2 Å². The second kappa shape index (κ2) is 33.3. The monoisotopic (exact) mass is 611 g/mol. The highest BCUT2D eigenvalue weighted by atomic mass is 16.6. The van der Waals surface area contributed by atoms with Gasteiger partial charge in [0.05, 0.1) is 0 Å². The van der Waals surface area contributed by atoms with Crippen molar-refractivity contribution in [3.8, 4) is 0 Å². The maximum Gasteiger partial charge on any atom is 0.306 e. The van der Waals surface area contributed by atoms with Crippen molar-refractivity contribution in [2.45, 2.75) is 207 Å². The quantitative estimate of drug-likeness (QED) is 0.0418. The molecule has 0 fully saturated rings. The molecular formula is C37H70O6. The van der Waals surface area contributed by atoms with Gasteiger partial charge in [-0.2, -0.15) is 0 Å². The van der Waals surface area contributed by atoms with Gasteiger partial charge in [0.1, 0.15) is 13.2 Å². The van der Waals surface area contributed by atoms with Gasteiger partial charge >= 0.3 is 17.9 Å². The summed E-state index contributed by atoms with van der Waals surface area (Å²) in [4.78, 5) is 36.9. The molecule has 0 amide bonds. The third-order valence-electron chi connectivity index (χ3n) is 8.11. The summed E-state index contributed by atoms with van der Waals surface area (Å²) in [5.41, 5.74) is 0. The SMILES string of the molecule is CCCCCCCCCCCCCCCCCC(=O)OCC(COC(=O)CCCCCCC)OC(=O)CCCCCCC. The number of hydrogen-bond acceptors (Lipinski definition) is 6. The Morgan fingerprint density at radius 2 is 0.628 bits per heavy atom. The fourth-order valence-electron chi connectivity index (χ4n) is 5.26. The Morgan fingerprint density at radius 1 is 0.372 bits per heavy atom. The summed E-state index contributed by atoms with van der Waals surface area (Å²) < 4.78 is 16.4. The van der Waals surface area contributed by atoms with E-state index in [0.29, 0.717) is 19.3 Å². The summed E-state index contributed by atoms with van der Waals surface area (Å²) in [7, 11) is 0. The van der Waals surface area contributed by atoms with E-state index in [4.69, 9.17) is 14.2 Å². The van der Waals surface area contributed by atoms with Gasteiger partial charge in [0, 0.05) is 19.3 Å². The highest BCUT2D eigenvalue weighted by molar-refractivity contribution is 5.71. The molecule has 0 N–H and O–H groups in total. The fourth-order valence-corrected chi connectivity index (χ4v) is 5.26. The van der Waals surface area contributed by atoms with E-state index in [2.05, 4.69) is 20.8 Å². The minimum absolute atomic E-state index is 0.0665. The Morgan fingerprint density at radius 3 is 0.930 bits per heavy atom. The summed E-state index contributed by atoms with van der Waals surface area (Å²) >= 11 is 0. The molecular weight excluding hydrogens is 540 g/mol. The zero-order chi connectivity index (χ0) is 31.6. The van der Waals surface area contributed by atoms with E-state index in [9.17, 15) is 14.4 Å². The lowest BCUT2D eigenvalue weighted by Gasteiger charge is -2.18. The van der Waals surface area contributed by atoms with Gasteiger partial charge in [0.15, 0.2) is 6.10 Å². The number of rotatable bonds is 33. The van der Waals surface area contributed by atoms with Gasteiger partial charge in [-0.15, -0.1) is 0 Å². The Labute approximate surface area is 266 Å². The van der Waals surface area contributed by atoms with Crippen LogP contribution in [0.15, 0.2) is 0 Å². The minimum Gasteiger partial charge on any atom is -0.462 e. The Balaban J connectivity index is 4.10. The van der Waals surface area contributed by atoms with Crippen LogP contribution in [0.4, 0.5) is 0 Å². The van der Waals surface area contributed by atoms with Crippen molar-refractivity contribution in [2.75, 3.05) is 13.2 Å². The number of carbonyl (C=O) groups excluding carboxylic acids is 3. The van der Waals surface area contributed by atoms with Gasteiger partial charge in [-0.1, -0.05) is 162 Å². The molecule has 0 spiro atoms. The first-order chi connectivity index (χ1) is 21.0. The fraction of sp³-hybridized carbons (Fsp3) is 0.919. The van der Waals surface area contributed by atoms with Crippen LogP contribution in [-0.2, 0) is 28.6 Å². The summed E-state index contributed by atoms with van der Waals surface area (Å²) in [6.07, 6.45) is 30.0. The molecule has 0 aromatic rings. The number of carbonyl (C=O) groups is 3. The molecule has 0 aliphatic rings. The second-order valence-electron chi connectivity index (χ2n) is 12.5. The van der Waals surface area contributed by atoms with E-state index in [-0.39, 0.29) is 31.1 Å². The first-order valence-electron chi connectivity index (χ1n) is 18.5. The lowest BCUT2D eigenvalue weighted by molar-refractivity contribution is -0.167. The van der Waals surface area contributed by atoms with Crippen LogP contribution in [0, 0.1) is 0 Å². The molecule has 6 heteroatoms. The van der Waals surface area contributed by atoms with Crippen LogP contribution in [0.3, 0.4) is 0 Å². The van der Waals surface area contributed by atoms with Crippen molar-refractivity contribution in [1.82, 2.24) is 0 Å². The van der Waals surface area contributed by atoms with Crippen molar-refractivity contribution in [1.29, 1.82) is 0 Å². The van der Waals surface area contributed by atoms with Gasteiger partial charge in [-0.25, -0.2) is 0 Å². The molecule has 0 aromatic carbocycles. The molecule has 1 atom stereocenters. The van der Waals surface area contributed by atoms with Gasteiger partial charge in [-0.05, 0) is 19.3 Å². The Kier molecular flexibility index (Phi) is 32.1. The zero-order valence-electron chi connectivity index (χ0n) is 28.7. The van der Waals surface area contributed by atoms with Crippen molar-refractivity contribution >= 4 is 17.9 Å². The van der Waals surface area contributed by atoms with Crippen molar-refractivity contribution < 1.29 is 28.6 Å². The maximum absolute atomic E-state index is 12.4. The van der Waals surface area contributed by atoms with Crippen LogP contribution >= 0.6 is 0 Å². The van der Waals surface area contributed by atoms with E-state index in [0.717, 1.165) is 70.6 Å². The lowest BCUT2D eigenvalue weighted by atomic mass is 10.0. The van der Waals surface area contributed by atoms with Crippen molar-refractivity contribution in [3.05, 3.63) is 0 Å². The third-order valence-corrected chi connectivity index (χ3v) is 8.11. The molecule has 0 saturated heterocycles. The smallest absolute Gasteiger partial charge is 0.306 e. The average molecular weight is 611 g/mol. The molecule has 0 saturated carbocycles. The Hall–Kier alpha value is -1.59. The molecule has 1 unspecified atom stereocenters. The number of unbranched alkanes of at least 4 members (excludes halogenated alkanes) is 22. The van der Waals surface area contributed by atoms with E-state index in [1.165, 1.54) is 89.9 Å². The number of hydrogen-bond donors (Lipinski definition) is 0. The number of esters is 3. The van der Waals surface area contributed by atoms with Gasteiger partial charge in [-0.3, -0.25) is 14.4 Å². The predicted molar refractivity (Wildman–Crippen MR) is 178 cm³/mol. The van der Waals surface area contributed by atoms with Gasteiger partial charge in [0.25, 0.3) is 0 Å². The summed E-state index contributed by atoms with van der Waals surface area (Å²) in [6.45, 7) is 6.45. The highest BCUT2D eigenvalue weighted by Gasteiger charge is 2.19. The molecule has 254 valence electrons. The van der Waals surface area contributed by atoms with Crippen molar-refractivity contribution in [3.63, 3.8) is 0 Å². The largest absolute Gasteiger partial charge is 0.462 e. The van der Waals surface area contributed by atoms with E-state index in [1.54, 1.807) is 0 Å². The van der Waals surface area contributed by atoms with Gasteiger partial charge in [0.2, 0.25) is 0 Å². The topological polar surface area (TPSA) is 78.9 Å². The molecule has 0 rings (SSSR count). The maximum atomic E-state index is 12.4. The van der Waals surface area contributed by atoms with Crippen LogP contribution in [0.2, 0.25) is 0 Å². The molecule has 6 nitrogen and oxygen atoms in total. The van der Waals surface area contributed by atoms with Crippen LogP contribution in [0.1, 0.15) is 201 Å². The molecule has 0 aliphatic carbocycles. The molecule has 43 heavy (non-hydrogen) atoms. The summed E-state index contributed by atoms with van der Waals surface area (Å²) in [5, 5.41) is 0. The second-order valence-corrected chi connectivity index (χ2v) is 12.5. The zero-order valence-corrected chi connectivity index (χ0v) is 28.7. The molecule has 0 heterocycles. The van der Waals surface area contributed by atoms with E-state index >= 15 is 0 Å². The van der Waals surface area contributed by atoms with E-state index < -0.39 is 6.10 Å². The first kappa shape index (κ1) is 41.4. The standard InChI is InChI=1S/C37H70O6/c1-4-7-10-13-14-15-16-17-18-19-20-21-22-25-27-30-36(39)42-33-34(43-37(40)31-28-24-12-9-6-3)32-41-35(38)29-26-23-11-8-5-2/h34H,4-33H2,1-3H3. The first-order valence-corrected chi connectivity index (χ1v) is 18.5. The molecule has 0 aromatic heterocycles. The van der Waals surface area contributed by atoms with Crippen LogP contribution in [0.5, 0.6) is 0 Å². The van der Waals surface area contributed by atoms with Crippen molar-refractivity contribution in [2.24, 2.45) is 0 Å². The number of ether oxygens (including phenoxy) is 3. The predicted octanol–water partition coefficient (Wildman–Crippen LogP) is 11.0. The van der Waals surface area contributed by atoms with Gasteiger partial charge < -0.3 is 14.2 Å². The van der Waals surface area contributed by atoms with Crippen LogP contribution in [0.25, 0.3) is 0 Å². The average Bonchev–Trinajstić information content (AvgIpc) is 3.00. The third kappa shape index (κ3) is 31.6. The minimum atomic E-state index is -0.753. The normalized spacial score (nSPS) is 11.8. The lowest BCUT2D eigenvalue weighted by Crippen LogP contribution is -2.30. The molecule has 0 aliphatic heterocycles. The Bertz CT molecular complexity index is 635. The summed E-state index contributed by atoms with van der Waals surface area (Å²) in [6, 6.07) is 0. The molecule has 0 bridgehead atoms. The summed E-state index contributed by atoms with van der Waals surface area (Å²) in [5.74, 6) is -0.894. The van der Waals surface area contributed by atoms with E-state index in [1.807, 2.05) is 0 Å². The molecule has 0 radical (unpaired) electrons. The highest BCUT2D eigenvalue weighted by Crippen LogP contribution is 2.14. The van der Waals surface area contributed by atoms with Crippen LogP contribution < -0.4 is 0 Å².